The third-order valence-corrected chi connectivity index (χ3v) is 3.55. The number of para-hydroxylation sites is 1. The largest absolute Gasteiger partial charge is 0.487 e. The summed E-state index contributed by atoms with van der Waals surface area (Å²) in [6.45, 7) is 2.13. The molecular formula is C15H22O2. The number of aliphatic hydroxyl groups is 1. The Morgan fingerprint density at radius 1 is 1.18 bits per heavy atom. The van der Waals surface area contributed by atoms with E-state index in [1.165, 1.54) is 12.0 Å². The number of hydrogen-bond donors (Lipinski definition) is 1. The van der Waals surface area contributed by atoms with Gasteiger partial charge in [0.2, 0.25) is 0 Å². The molecule has 2 heteroatoms. The number of ether oxygens (including phenoxy) is 1. The first-order valence-corrected chi connectivity index (χ1v) is 6.74. The van der Waals surface area contributed by atoms with Gasteiger partial charge < -0.3 is 9.84 Å². The lowest BCUT2D eigenvalue weighted by molar-refractivity contribution is 0.0315. The van der Waals surface area contributed by atoms with E-state index in [-0.39, 0.29) is 12.2 Å². The normalized spacial score (nSPS) is 25.3. The van der Waals surface area contributed by atoms with Gasteiger partial charge >= 0.3 is 0 Å². The van der Waals surface area contributed by atoms with E-state index in [1.54, 1.807) is 0 Å². The Hall–Kier alpha value is -1.02. The van der Waals surface area contributed by atoms with Crippen LogP contribution in [0.5, 0.6) is 5.75 Å². The smallest absolute Gasteiger partial charge is 0.124 e. The van der Waals surface area contributed by atoms with Gasteiger partial charge in [0.1, 0.15) is 11.9 Å². The zero-order chi connectivity index (χ0) is 12.1. The molecule has 2 rings (SSSR count). The molecule has 1 aromatic rings. The average molecular weight is 234 g/mol. The highest BCUT2D eigenvalue weighted by Crippen LogP contribution is 2.26. The quantitative estimate of drug-likeness (QED) is 0.813. The summed E-state index contributed by atoms with van der Waals surface area (Å²) in [5.74, 6) is 0.945. The molecule has 1 saturated carbocycles. The molecule has 0 aliphatic heterocycles. The lowest BCUT2D eigenvalue weighted by atomic mass is 10.1. The minimum Gasteiger partial charge on any atom is -0.487 e. The molecule has 0 amide bonds. The molecule has 2 nitrogen and oxygen atoms in total. The van der Waals surface area contributed by atoms with Crippen molar-refractivity contribution in [3.8, 4) is 5.75 Å². The van der Waals surface area contributed by atoms with Crippen LogP contribution in [0.2, 0.25) is 0 Å². The van der Waals surface area contributed by atoms with Crippen LogP contribution in [0, 0.1) is 0 Å². The monoisotopic (exact) mass is 234 g/mol. The summed E-state index contributed by atoms with van der Waals surface area (Å²) >= 11 is 0. The second-order valence-corrected chi connectivity index (χ2v) is 4.82. The van der Waals surface area contributed by atoms with Gasteiger partial charge in [-0.15, -0.1) is 0 Å². The highest BCUT2D eigenvalue weighted by Gasteiger charge is 2.23. The molecule has 0 saturated heterocycles. The highest BCUT2D eigenvalue weighted by atomic mass is 16.5. The molecule has 1 N–H and O–H groups in total. The first kappa shape index (κ1) is 12.4. The maximum Gasteiger partial charge on any atom is 0.124 e. The molecule has 1 aliphatic rings. The summed E-state index contributed by atoms with van der Waals surface area (Å²) < 4.78 is 6.02. The van der Waals surface area contributed by atoms with Gasteiger partial charge in [0.05, 0.1) is 6.10 Å². The second-order valence-electron chi connectivity index (χ2n) is 4.82. The summed E-state index contributed by atoms with van der Waals surface area (Å²) in [5, 5.41) is 10.0. The molecule has 1 fully saturated rings. The van der Waals surface area contributed by atoms with Crippen LogP contribution in [-0.2, 0) is 6.42 Å². The van der Waals surface area contributed by atoms with Crippen molar-refractivity contribution in [2.75, 3.05) is 0 Å². The van der Waals surface area contributed by atoms with E-state index >= 15 is 0 Å². The standard InChI is InChI=1S/C15H22O2/c1-2-12-8-6-7-10-14(12)17-15-11-5-3-4-9-13(15)16/h6-8,10,13,15-16H,2-5,9,11H2,1H3. The van der Waals surface area contributed by atoms with Gasteiger partial charge in [-0.2, -0.15) is 0 Å². The minimum atomic E-state index is -0.303. The molecule has 2 atom stereocenters. The average Bonchev–Trinajstić information content (AvgIpc) is 2.56. The Kier molecular flexibility index (Phi) is 4.43. The van der Waals surface area contributed by atoms with E-state index < -0.39 is 0 Å². The van der Waals surface area contributed by atoms with E-state index in [1.807, 2.05) is 18.2 Å². The maximum atomic E-state index is 10.0. The van der Waals surface area contributed by atoms with E-state index in [0.29, 0.717) is 0 Å². The first-order valence-electron chi connectivity index (χ1n) is 6.74. The Bertz CT molecular complexity index is 349. The Balaban J connectivity index is 2.07. The van der Waals surface area contributed by atoms with Crippen LogP contribution in [0.1, 0.15) is 44.6 Å². The van der Waals surface area contributed by atoms with Crippen molar-refractivity contribution in [3.05, 3.63) is 29.8 Å². The molecule has 1 aromatic carbocycles. The fraction of sp³-hybridized carbons (Fsp3) is 0.600. The number of benzene rings is 1. The second kappa shape index (κ2) is 6.06. The van der Waals surface area contributed by atoms with Gasteiger partial charge in [0, 0.05) is 0 Å². The minimum absolute atomic E-state index is 0.0230. The molecular weight excluding hydrogens is 212 g/mol. The van der Waals surface area contributed by atoms with Gasteiger partial charge in [-0.3, -0.25) is 0 Å². The molecule has 0 bridgehead atoms. The third-order valence-electron chi connectivity index (χ3n) is 3.55. The summed E-state index contributed by atoms with van der Waals surface area (Å²) in [6.07, 6.45) is 5.99. The SMILES string of the molecule is CCc1ccccc1OC1CCCCCC1O. The van der Waals surface area contributed by atoms with Crippen LogP contribution in [0.25, 0.3) is 0 Å². The number of aliphatic hydroxyl groups excluding tert-OH is 1. The van der Waals surface area contributed by atoms with Crippen molar-refractivity contribution in [2.24, 2.45) is 0 Å². The summed E-state index contributed by atoms with van der Waals surface area (Å²) in [4.78, 5) is 0. The maximum absolute atomic E-state index is 10.0. The van der Waals surface area contributed by atoms with Crippen molar-refractivity contribution in [3.63, 3.8) is 0 Å². The first-order chi connectivity index (χ1) is 8.31. The molecule has 94 valence electrons. The number of rotatable bonds is 3. The molecule has 1 aliphatic carbocycles. The third kappa shape index (κ3) is 3.22. The topological polar surface area (TPSA) is 29.5 Å². The van der Waals surface area contributed by atoms with Crippen LogP contribution >= 0.6 is 0 Å². The predicted molar refractivity (Wildman–Crippen MR) is 69.3 cm³/mol. The summed E-state index contributed by atoms with van der Waals surface area (Å²) in [6, 6.07) is 8.14. The Morgan fingerprint density at radius 2 is 1.94 bits per heavy atom. The molecule has 0 aromatic heterocycles. The fourth-order valence-corrected chi connectivity index (χ4v) is 2.47. The van der Waals surface area contributed by atoms with Gasteiger partial charge in [-0.25, -0.2) is 0 Å². The van der Waals surface area contributed by atoms with Crippen LogP contribution in [0.15, 0.2) is 24.3 Å². The lowest BCUT2D eigenvalue weighted by Crippen LogP contribution is -2.30. The molecule has 0 spiro atoms. The molecule has 0 radical (unpaired) electrons. The summed E-state index contributed by atoms with van der Waals surface area (Å²) in [5.41, 5.74) is 1.23. The van der Waals surface area contributed by atoms with Crippen LogP contribution in [-0.4, -0.2) is 17.3 Å². The Morgan fingerprint density at radius 3 is 2.76 bits per heavy atom. The van der Waals surface area contributed by atoms with Crippen molar-refractivity contribution in [1.82, 2.24) is 0 Å². The van der Waals surface area contributed by atoms with E-state index in [2.05, 4.69) is 13.0 Å². The lowest BCUT2D eigenvalue weighted by Gasteiger charge is -2.23. The number of aryl methyl sites for hydroxylation is 1. The van der Waals surface area contributed by atoms with E-state index in [9.17, 15) is 5.11 Å². The van der Waals surface area contributed by atoms with Crippen LogP contribution in [0.4, 0.5) is 0 Å². The van der Waals surface area contributed by atoms with E-state index in [0.717, 1.165) is 37.9 Å². The number of hydrogen-bond acceptors (Lipinski definition) is 2. The van der Waals surface area contributed by atoms with E-state index in [4.69, 9.17) is 4.74 Å². The molecule has 17 heavy (non-hydrogen) atoms. The zero-order valence-electron chi connectivity index (χ0n) is 10.6. The molecule has 0 heterocycles. The van der Waals surface area contributed by atoms with Crippen molar-refractivity contribution in [2.45, 2.75) is 57.7 Å². The molecule has 2 unspecified atom stereocenters. The van der Waals surface area contributed by atoms with Crippen LogP contribution < -0.4 is 4.74 Å². The van der Waals surface area contributed by atoms with Gasteiger partial charge in [0.25, 0.3) is 0 Å². The van der Waals surface area contributed by atoms with Gasteiger partial charge in [-0.1, -0.05) is 38.0 Å². The zero-order valence-corrected chi connectivity index (χ0v) is 10.6. The van der Waals surface area contributed by atoms with Crippen molar-refractivity contribution >= 4 is 0 Å². The highest BCUT2D eigenvalue weighted by molar-refractivity contribution is 5.33. The fourth-order valence-electron chi connectivity index (χ4n) is 2.47. The van der Waals surface area contributed by atoms with Crippen molar-refractivity contribution in [1.29, 1.82) is 0 Å². The summed E-state index contributed by atoms with van der Waals surface area (Å²) in [7, 11) is 0. The van der Waals surface area contributed by atoms with Crippen LogP contribution in [0.3, 0.4) is 0 Å². The van der Waals surface area contributed by atoms with Gasteiger partial charge in [0.15, 0.2) is 0 Å². The van der Waals surface area contributed by atoms with Gasteiger partial charge in [-0.05, 0) is 37.3 Å². The predicted octanol–water partition coefficient (Wildman–Crippen LogP) is 3.32. The Labute approximate surface area is 104 Å². The van der Waals surface area contributed by atoms with Crippen molar-refractivity contribution < 1.29 is 9.84 Å².